The molecule has 138 valence electrons. The quantitative estimate of drug-likeness (QED) is 0.384. The van der Waals surface area contributed by atoms with Gasteiger partial charge in [0.1, 0.15) is 17.9 Å². The van der Waals surface area contributed by atoms with Gasteiger partial charge in [0.15, 0.2) is 0 Å². The number of halogens is 1. The highest BCUT2D eigenvalue weighted by Gasteiger charge is 2.31. The van der Waals surface area contributed by atoms with E-state index >= 15 is 0 Å². The third-order valence-corrected chi connectivity index (χ3v) is 4.33. The number of benzene rings is 1. The van der Waals surface area contributed by atoms with Crippen LogP contribution in [0.25, 0.3) is 0 Å². The van der Waals surface area contributed by atoms with Gasteiger partial charge in [0.2, 0.25) is 5.91 Å². The summed E-state index contributed by atoms with van der Waals surface area (Å²) in [6, 6.07) is 7.52. The van der Waals surface area contributed by atoms with Crippen LogP contribution in [0.15, 0.2) is 24.3 Å². The Balaban J connectivity index is 2.04. The lowest BCUT2D eigenvalue weighted by Gasteiger charge is -2.35. The van der Waals surface area contributed by atoms with Crippen molar-refractivity contribution in [1.29, 1.82) is 0 Å². The van der Waals surface area contributed by atoms with E-state index < -0.39 is 11.7 Å². The Morgan fingerprint density at radius 3 is 2.60 bits per heavy atom. The second-order valence-corrected chi connectivity index (χ2v) is 7.88. The van der Waals surface area contributed by atoms with Gasteiger partial charge >= 0.3 is 6.09 Å². The molecule has 2 amide bonds. The highest BCUT2D eigenvalue weighted by molar-refractivity contribution is 14.1. The molecular formula is C18H25IN2O4. The van der Waals surface area contributed by atoms with Gasteiger partial charge in [0, 0.05) is 17.5 Å². The number of hydrogen-bond acceptors (Lipinski definition) is 4. The molecule has 0 aliphatic carbocycles. The first kappa shape index (κ1) is 19.8. The van der Waals surface area contributed by atoms with Gasteiger partial charge in [0.05, 0.1) is 12.3 Å². The van der Waals surface area contributed by atoms with Gasteiger partial charge in [-0.3, -0.25) is 9.69 Å². The van der Waals surface area contributed by atoms with E-state index in [-0.39, 0.29) is 12.5 Å². The molecule has 0 aromatic heterocycles. The number of rotatable bonds is 5. The minimum Gasteiger partial charge on any atom is -0.491 e. The Kier molecular flexibility index (Phi) is 6.92. The smallest absolute Gasteiger partial charge is 0.410 e. The van der Waals surface area contributed by atoms with Gasteiger partial charge in [-0.1, -0.05) is 34.7 Å². The second-order valence-electron chi connectivity index (χ2n) is 6.81. The van der Waals surface area contributed by atoms with E-state index in [1.165, 1.54) is 4.90 Å². The number of hydrogen-bond donors (Lipinski definition) is 0. The first-order valence-corrected chi connectivity index (χ1v) is 9.90. The van der Waals surface area contributed by atoms with E-state index in [2.05, 4.69) is 22.6 Å². The van der Waals surface area contributed by atoms with Crippen LogP contribution in [0.5, 0.6) is 5.75 Å². The van der Waals surface area contributed by atoms with Crippen molar-refractivity contribution < 1.29 is 19.1 Å². The summed E-state index contributed by atoms with van der Waals surface area (Å²) >= 11 is 2.31. The Hall–Kier alpha value is -1.51. The first-order chi connectivity index (χ1) is 11.8. The molecular weight excluding hydrogens is 435 g/mol. The number of alkyl halides is 1. The molecule has 6 nitrogen and oxygen atoms in total. The van der Waals surface area contributed by atoms with Crippen LogP contribution < -0.4 is 9.64 Å². The van der Waals surface area contributed by atoms with E-state index in [1.54, 1.807) is 4.90 Å². The Bertz CT molecular complexity index is 615. The van der Waals surface area contributed by atoms with E-state index in [9.17, 15) is 9.59 Å². The topological polar surface area (TPSA) is 59.1 Å². The van der Waals surface area contributed by atoms with Crippen molar-refractivity contribution in [3.05, 3.63) is 24.3 Å². The van der Waals surface area contributed by atoms with Crippen LogP contribution in [0.2, 0.25) is 0 Å². The lowest BCUT2D eigenvalue weighted by Crippen LogP contribution is -2.53. The van der Waals surface area contributed by atoms with Crippen LogP contribution in [0.3, 0.4) is 0 Å². The fraction of sp³-hybridized carbons (Fsp3) is 0.556. The van der Waals surface area contributed by atoms with Crippen LogP contribution in [0, 0.1) is 0 Å². The predicted molar refractivity (Wildman–Crippen MR) is 106 cm³/mol. The monoisotopic (exact) mass is 460 g/mol. The maximum absolute atomic E-state index is 12.6. The number of ether oxygens (including phenoxy) is 2. The summed E-state index contributed by atoms with van der Waals surface area (Å²) in [4.78, 5) is 27.9. The van der Waals surface area contributed by atoms with E-state index in [1.807, 2.05) is 45.0 Å². The minimum absolute atomic E-state index is 0.0109. The van der Waals surface area contributed by atoms with Crippen molar-refractivity contribution in [2.75, 3.05) is 35.6 Å². The summed E-state index contributed by atoms with van der Waals surface area (Å²) in [6.07, 6.45) is 0.502. The molecule has 1 aliphatic rings. The zero-order chi connectivity index (χ0) is 18.4. The number of amides is 2. The number of para-hydroxylation sites is 2. The van der Waals surface area contributed by atoms with Gasteiger partial charge in [-0.2, -0.15) is 0 Å². The Labute approximate surface area is 162 Å². The fourth-order valence-electron chi connectivity index (χ4n) is 2.45. The maximum atomic E-state index is 12.6. The van der Waals surface area contributed by atoms with Gasteiger partial charge < -0.3 is 14.4 Å². The van der Waals surface area contributed by atoms with Gasteiger partial charge in [-0.25, -0.2) is 4.79 Å². The van der Waals surface area contributed by atoms with E-state index in [0.717, 1.165) is 16.5 Å². The van der Waals surface area contributed by atoms with E-state index in [0.29, 0.717) is 25.4 Å². The third kappa shape index (κ3) is 5.76. The molecule has 1 aromatic rings. The molecule has 1 aliphatic heterocycles. The largest absolute Gasteiger partial charge is 0.491 e. The molecule has 1 fully saturated rings. The molecule has 0 N–H and O–H groups in total. The zero-order valence-electron chi connectivity index (χ0n) is 15.0. The molecule has 1 aromatic carbocycles. The number of nitrogens with zero attached hydrogens (tertiary/aromatic N) is 2. The summed E-state index contributed by atoms with van der Waals surface area (Å²) in [5.74, 6) is 0.563. The molecule has 0 unspecified atom stereocenters. The van der Waals surface area contributed by atoms with Crippen molar-refractivity contribution in [3.63, 3.8) is 0 Å². The number of piperazine rings is 1. The fourth-order valence-corrected chi connectivity index (χ4v) is 2.76. The van der Waals surface area contributed by atoms with Crippen LogP contribution in [-0.2, 0) is 9.53 Å². The molecule has 0 atom stereocenters. The minimum atomic E-state index is -0.573. The molecule has 0 spiro atoms. The van der Waals surface area contributed by atoms with Gasteiger partial charge in [-0.05, 0) is 39.3 Å². The third-order valence-electron chi connectivity index (χ3n) is 3.56. The Morgan fingerprint density at radius 1 is 1.24 bits per heavy atom. The lowest BCUT2D eigenvalue weighted by molar-refractivity contribution is -0.121. The zero-order valence-corrected chi connectivity index (χ0v) is 17.1. The number of anilines is 1. The lowest BCUT2D eigenvalue weighted by atomic mass is 10.2. The molecule has 25 heavy (non-hydrogen) atoms. The van der Waals surface area contributed by atoms with Crippen molar-refractivity contribution in [2.24, 2.45) is 0 Å². The van der Waals surface area contributed by atoms with Crippen LogP contribution in [0.1, 0.15) is 27.2 Å². The summed E-state index contributed by atoms with van der Waals surface area (Å²) in [5, 5.41) is 0. The summed E-state index contributed by atoms with van der Waals surface area (Å²) in [7, 11) is 0. The average molecular weight is 460 g/mol. The van der Waals surface area contributed by atoms with Crippen LogP contribution in [0.4, 0.5) is 10.5 Å². The summed E-state index contributed by atoms with van der Waals surface area (Å²) < 4.78 is 12.2. The molecule has 0 radical (unpaired) electrons. The summed E-state index contributed by atoms with van der Waals surface area (Å²) in [5.41, 5.74) is 0.181. The van der Waals surface area contributed by atoms with Gasteiger partial charge in [-0.15, -0.1) is 0 Å². The normalized spacial score (nSPS) is 15.3. The SMILES string of the molecule is CC(C)(C)OC(=O)N1CCN(c2ccccc2OCCCI)C(=O)C1. The standard InChI is InChI=1S/C18H25IN2O4/c1-18(2,3)25-17(23)20-10-11-21(16(22)13-20)14-7-4-5-8-15(14)24-12-6-9-19/h4-5,7-8H,6,9-13H2,1-3H3. The molecule has 1 saturated heterocycles. The molecule has 0 bridgehead atoms. The summed E-state index contributed by atoms with van der Waals surface area (Å²) in [6.45, 7) is 6.92. The van der Waals surface area contributed by atoms with Crippen LogP contribution in [-0.4, -0.2) is 53.2 Å². The van der Waals surface area contributed by atoms with Crippen molar-refractivity contribution in [1.82, 2.24) is 4.90 Å². The molecule has 1 heterocycles. The highest BCUT2D eigenvalue weighted by Crippen LogP contribution is 2.29. The van der Waals surface area contributed by atoms with Crippen molar-refractivity contribution in [3.8, 4) is 5.75 Å². The number of carbonyl (C=O) groups excluding carboxylic acids is 2. The second kappa shape index (κ2) is 8.73. The first-order valence-electron chi connectivity index (χ1n) is 8.38. The molecule has 0 saturated carbocycles. The maximum Gasteiger partial charge on any atom is 0.410 e. The molecule has 7 heteroatoms. The van der Waals surface area contributed by atoms with E-state index in [4.69, 9.17) is 9.47 Å². The average Bonchev–Trinajstić information content (AvgIpc) is 2.54. The van der Waals surface area contributed by atoms with Crippen molar-refractivity contribution in [2.45, 2.75) is 32.8 Å². The van der Waals surface area contributed by atoms with Gasteiger partial charge in [0.25, 0.3) is 0 Å². The molecule has 2 rings (SSSR count). The predicted octanol–water partition coefficient (Wildman–Crippen LogP) is 3.47. The Morgan fingerprint density at radius 2 is 1.96 bits per heavy atom. The van der Waals surface area contributed by atoms with Crippen LogP contribution >= 0.6 is 22.6 Å². The van der Waals surface area contributed by atoms with Crippen molar-refractivity contribution >= 4 is 40.3 Å². The number of carbonyl (C=O) groups is 2. The highest BCUT2D eigenvalue weighted by atomic mass is 127.